The van der Waals surface area contributed by atoms with Gasteiger partial charge in [-0.2, -0.15) is 0 Å². The van der Waals surface area contributed by atoms with Gasteiger partial charge in [-0.3, -0.25) is 4.79 Å². The molecule has 1 saturated heterocycles. The molecule has 1 aliphatic rings. The first-order valence-electron chi connectivity index (χ1n) is 7.25. The lowest BCUT2D eigenvalue weighted by Gasteiger charge is -2.28. The summed E-state index contributed by atoms with van der Waals surface area (Å²) in [5.74, 6) is 0.251. The number of carbonyl (C=O) groups is 1. The van der Waals surface area contributed by atoms with E-state index in [0.29, 0.717) is 18.5 Å². The van der Waals surface area contributed by atoms with Gasteiger partial charge in [0.2, 0.25) is 5.91 Å². The summed E-state index contributed by atoms with van der Waals surface area (Å²) >= 11 is 0. The molecule has 0 bridgehead atoms. The second kappa shape index (κ2) is 8.51. The van der Waals surface area contributed by atoms with Gasteiger partial charge in [-0.05, 0) is 32.7 Å². The Bertz CT molecular complexity index is 218. The molecule has 0 spiro atoms. The molecule has 1 amide bonds. The fourth-order valence-electron chi connectivity index (χ4n) is 2.45. The summed E-state index contributed by atoms with van der Waals surface area (Å²) in [5, 5.41) is 6.56. The maximum Gasteiger partial charge on any atom is 0.220 e. The van der Waals surface area contributed by atoms with Crippen molar-refractivity contribution in [3.8, 4) is 0 Å². The fraction of sp³-hybridized carbons (Fsp3) is 0.929. The summed E-state index contributed by atoms with van der Waals surface area (Å²) in [5.41, 5.74) is 0. The number of hydrogen-bond donors (Lipinski definition) is 2. The Hall–Kier alpha value is -0.570. The standard InChI is InChI=1S/C14H28N2O/c1-3-4-5-6-7-8-14(17)16-13-9-10-15-12(2)11-13/h12-13,15H,3-11H2,1-2H3,(H,16,17). The zero-order valence-electron chi connectivity index (χ0n) is 11.4. The van der Waals surface area contributed by atoms with Gasteiger partial charge in [0.1, 0.15) is 0 Å². The minimum Gasteiger partial charge on any atom is -0.353 e. The number of piperidine rings is 1. The Labute approximate surface area is 106 Å². The fourth-order valence-corrected chi connectivity index (χ4v) is 2.45. The lowest BCUT2D eigenvalue weighted by Crippen LogP contribution is -2.46. The molecule has 0 saturated carbocycles. The van der Waals surface area contributed by atoms with E-state index < -0.39 is 0 Å². The van der Waals surface area contributed by atoms with Crippen molar-refractivity contribution in [2.75, 3.05) is 6.54 Å². The van der Waals surface area contributed by atoms with Crippen LogP contribution in [0.4, 0.5) is 0 Å². The second-order valence-electron chi connectivity index (χ2n) is 5.31. The highest BCUT2D eigenvalue weighted by atomic mass is 16.1. The van der Waals surface area contributed by atoms with E-state index in [-0.39, 0.29) is 5.91 Å². The SMILES string of the molecule is CCCCCCCC(=O)NC1CCNC(C)C1. The highest BCUT2D eigenvalue weighted by Crippen LogP contribution is 2.09. The van der Waals surface area contributed by atoms with Crippen LogP contribution < -0.4 is 10.6 Å². The number of amides is 1. The minimum absolute atomic E-state index is 0.251. The van der Waals surface area contributed by atoms with Gasteiger partial charge in [0.05, 0.1) is 0 Å². The van der Waals surface area contributed by atoms with Gasteiger partial charge in [0, 0.05) is 18.5 Å². The molecule has 3 nitrogen and oxygen atoms in total. The van der Waals surface area contributed by atoms with Crippen LogP contribution in [-0.2, 0) is 4.79 Å². The molecule has 2 N–H and O–H groups in total. The van der Waals surface area contributed by atoms with Gasteiger partial charge in [-0.1, -0.05) is 32.6 Å². The number of nitrogens with one attached hydrogen (secondary N) is 2. The monoisotopic (exact) mass is 240 g/mol. The average molecular weight is 240 g/mol. The van der Waals surface area contributed by atoms with Crippen LogP contribution in [0, 0.1) is 0 Å². The maximum atomic E-state index is 11.7. The molecule has 2 unspecified atom stereocenters. The Morgan fingerprint density at radius 2 is 2.06 bits per heavy atom. The molecule has 1 rings (SSSR count). The third-order valence-electron chi connectivity index (χ3n) is 3.50. The molecule has 0 aromatic carbocycles. The van der Waals surface area contributed by atoms with E-state index in [1.165, 1.54) is 25.7 Å². The Balaban J connectivity index is 2.04. The average Bonchev–Trinajstić information content (AvgIpc) is 2.29. The zero-order valence-corrected chi connectivity index (χ0v) is 11.4. The van der Waals surface area contributed by atoms with Crippen molar-refractivity contribution >= 4 is 5.91 Å². The molecule has 0 aliphatic carbocycles. The third kappa shape index (κ3) is 6.67. The zero-order chi connectivity index (χ0) is 12.5. The maximum absolute atomic E-state index is 11.7. The first-order chi connectivity index (χ1) is 8.22. The van der Waals surface area contributed by atoms with E-state index in [1.807, 2.05) is 0 Å². The highest BCUT2D eigenvalue weighted by molar-refractivity contribution is 5.76. The van der Waals surface area contributed by atoms with Gasteiger partial charge in [-0.25, -0.2) is 0 Å². The van der Waals surface area contributed by atoms with Gasteiger partial charge in [-0.15, -0.1) is 0 Å². The molecule has 1 heterocycles. The summed E-state index contributed by atoms with van der Waals surface area (Å²) in [7, 11) is 0. The molecule has 1 fully saturated rings. The predicted octanol–water partition coefficient (Wildman–Crippen LogP) is 2.60. The molecule has 0 aromatic rings. The number of carbonyl (C=O) groups excluding carboxylic acids is 1. The smallest absolute Gasteiger partial charge is 0.220 e. The van der Waals surface area contributed by atoms with Crippen molar-refractivity contribution in [3.63, 3.8) is 0 Å². The van der Waals surface area contributed by atoms with E-state index in [4.69, 9.17) is 0 Å². The van der Waals surface area contributed by atoms with E-state index in [9.17, 15) is 4.79 Å². The quantitative estimate of drug-likeness (QED) is 0.672. The van der Waals surface area contributed by atoms with Crippen LogP contribution in [0.3, 0.4) is 0 Å². The summed E-state index contributed by atoms with van der Waals surface area (Å²) in [4.78, 5) is 11.7. The van der Waals surface area contributed by atoms with E-state index in [0.717, 1.165) is 25.8 Å². The Kier molecular flexibility index (Phi) is 7.25. The molecule has 0 aromatic heterocycles. The molecule has 17 heavy (non-hydrogen) atoms. The first kappa shape index (κ1) is 14.5. The molecular formula is C14H28N2O. The summed E-state index contributed by atoms with van der Waals surface area (Å²) in [6, 6.07) is 0.938. The predicted molar refractivity (Wildman–Crippen MR) is 72.0 cm³/mol. The minimum atomic E-state index is 0.251. The topological polar surface area (TPSA) is 41.1 Å². The summed E-state index contributed by atoms with van der Waals surface area (Å²) in [6.45, 7) is 5.43. The summed E-state index contributed by atoms with van der Waals surface area (Å²) < 4.78 is 0. The second-order valence-corrected chi connectivity index (χ2v) is 5.31. The van der Waals surface area contributed by atoms with Crippen molar-refractivity contribution in [1.82, 2.24) is 10.6 Å². The van der Waals surface area contributed by atoms with Crippen LogP contribution >= 0.6 is 0 Å². The molecule has 2 atom stereocenters. The summed E-state index contributed by atoms with van der Waals surface area (Å²) in [6.07, 6.45) is 8.94. The Morgan fingerprint density at radius 1 is 1.29 bits per heavy atom. The molecule has 3 heteroatoms. The third-order valence-corrected chi connectivity index (χ3v) is 3.50. The van der Waals surface area contributed by atoms with Gasteiger partial charge >= 0.3 is 0 Å². The van der Waals surface area contributed by atoms with E-state index >= 15 is 0 Å². The van der Waals surface area contributed by atoms with Crippen molar-refractivity contribution in [1.29, 1.82) is 0 Å². The molecule has 1 aliphatic heterocycles. The molecule has 0 radical (unpaired) electrons. The number of rotatable bonds is 7. The number of hydrogen-bond acceptors (Lipinski definition) is 2. The van der Waals surface area contributed by atoms with Gasteiger partial charge < -0.3 is 10.6 Å². The van der Waals surface area contributed by atoms with Crippen LogP contribution in [0.15, 0.2) is 0 Å². The van der Waals surface area contributed by atoms with Crippen LogP contribution in [0.2, 0.25) is 0 Å². The van der Waals surface area contributed by atoms with Crippen LogP contribution in [0.1, 0.15) is 65.2 Å². The molecular weight excluding hydrogens is 212 g/mol. The van der Waals surface area contributed by atoms with Crippen LogP contribution in [0.25, 0.3) is 0 Å². The van der Waals surface area contributed by atoms with Crippen molar-refractivity contribution < 1.29 is 4.79 Å². The largest absolute Gasteiger partial charge is 0.353 e. The van der Waals surface area contributed by atoms with Crippen LogP contribution in [0.5, 0.6) is 0 Å². The van der Waals surface area contributed by atoms with Crippen LogP contribution in [-0.4, -0.2) is 24.5 Å². The highest BCUT2D eigenvalue weighted by Gasteiger charge is 2.19. The normalized spacial score (nSPS) is 24.6. The lowest BCUT2D eigenvalue weighted by molar-refractivity contribution is -0.122. The van der Waals surface area contributed by atoms with Crippen molar-refractivity contribution in [2.45, 2.75) is 77.3 Å². The van der Waals surface area contributed by atoms with Crippen molar-refractivity contribution in [3.05, 3.63) is 0 Å². The van der Waals surface area contributed by atoms with Gasteiger partial charge in [0.25, 0.3) is 0 Å². The van der Waals surface area contributed by atoms with Crippen molar-refractivity contribution in [2.24, 2.45) is 0 Å². The van der Waals surface area contributed by atoms with E-state index in [2.05, 4.69) is 24.5 Å². The van der Waals surface area contributed by atoms with E-state index in [1.54, 1.807) is 0 Å². The Morgan fingerprint density at radius 3 is 2.76 bits per heavy atom. The first-order valence-corrected chi connectivity index (χ1v) is 7.25. The lowest BCUT2D eigenvalue weighted by atomic mass is 10.0. The molecule has 100 valence electrons. The van der Waals surface area contributed by atoms with Gasteiger partial charge in [0.15, 0.2) is 0 Å². The number of unbranched alkanes of at least 4 members (excludes halogenated alkanes) is 4.